The predicted molar refractivity (Wildman–Crippen MR) is 118 cm³/mol. The summed E-state index contributed by atoms with van der Waals surface area (Å²) in [7, 11) is 4.56. The van der Waals surface area contributed by atoms with Gasteiger partial charge in [-0.15, -0.1) is 0 Å². The fourth-order valence-corrected chi connectivity index (χ4v) is 3.18. The molecule has 0 aliphatic heterocycles. The van der Waals surface area contributed by atoms with Crippen molar-refractivity contribution in [1.29, 1.82) is 0 Å². The number of nitrogens with zero attached hydrogens (tertiary/aromatic N) is 1. The van der Waals surface area contributed by atoms with E-state index in [1.165, 1.54) is 27.5 Å². The zero-order chi connectivity index (χ0) is 22.3. The molecule has 0 aliphatic carbocycles. The topological polar surface area (TPSA) is 89.4 Å². The lowest BCUT2D eigenvalue weighted by Gasteiger charge is -2.27. The number of carbonyl (C=O) groups excluding carboxylic acids is 1. The highest BCUT2D eigenvalue weighted by molar-refractivity contribution is 5.92. The number of nitrogens with one attached hydrogen (secondary N) is 1. The summed E-state index contributed by atoms with van der Waals surface area (Å²) in [6, 6.07) is 20.7. The minimum atomic E-state index is -1.92. The second kappa shape index (κ2) is 9.77. The van der Waals surface area contributed by atoms with Gasteiger partial charge in [0.1, 0.15) is 5.75 Å². The Bertz CT molecular complexity index is 1010. The van der Waals surface area contributed by atoms with Crippen LogP contribution >= 0.6 is 0 Å². The lowest BCUT2D eigenvalue weighted by atomic mass is 9.85. The standard InChI is InChI=1S/C24H24N2O5/c1-29-20-15-22(31-3)21(30-2)14-17(20)16-25-26-23(27)24(28,18-10-6-4-7-11-18)19-12-8-5-9-13-19/h4-16,28H,1-3H3,(H,26,27)/b25-16-. The maximum absolute atomic E-state index is 13.1. The summed E-state index contributed by atoms with van der Waals surface area (Å²) in [5, 5.41) is 15.5. The molecule has 0 atom stereocenters. The Balaban J connectivity index is 1.91. The Labute approximate surface area is 180 Å². The molecule has 0 heterocycles. The van der Waals surface area contributed by atoms with Crippen LogP contribution in [-0.2, 0) is 10.4 Å². The summed E-state index contributed by atoms with van der Waals surface area (Å²) < 4.78 is 15.9. The third kappa shape index (κ3) is 4.51. The van der Waals surface area contributed by atoms with Crippen LogP contribution in [0.25, 0.3) is 0 Å². The van der Waals surface area contributed by atoms with Crippen molar-refractivity contribution in [2.75, 3.05) is 21.3 Å². The lowest BCUT2D eigenvalue weighted by Crippen LogP contribution is -2.43. The van der Waals surface area contributed by atoms with Crippen molar-refractivity contribution >= 4 is 12.1 Å². The Kier molecular flexibility index (Phi) is 6.89. The molecule has 31 heavy (non-hydrogen) atoms. The zero-order valence-electron chi connectivity index (χ0n) is 17.5. The number of benzene rings is 3. The molecule has 3 aromatic rings. The summed E-state index contributed by atoms with van der Waals surface area (Å²) in [6.45, 7) is 0. The highest BCUT2D eigenvalue weighted by Gasteiger charge is 2.39. The molecule has 1 amide bonds. The van der Waals surface area contributed by atoms with Gasteiger partial charge >= 0.3 is 0 Å². The van der Waals surface area contributed by atoms with E-state index in [1.807, 2.05) is 12.1 Å². The van der Waals surface area contributed by atoms with Gasteiger partial charge in [-0.05, 0) is 17.2 Å². The van der Waals surface area contributed by atoms with Gasteiger partial charge < -0.3 is 19.3 Å². The van der Waals surface area contributed by atoms with Crippen LogP contribution in [-0.4, -0.2) is 38.6 Å². The van der Waals surface area contributed by atoms with Crippen LogP contribution in [0.15, 0.2) is 77.9 Å². The van der Waals surface area contributed by atoms with E-state index in [9.17, 15) is 9.90 Å². The molecule has 0 fully saturated rings. The van der Waals surface area contributed by atoms with Crippen molar-refractivity contribution in [3.8, 4) is 17.2 Å². The second-order valence-corrected chi connectivity index (χ2v) is 6.59. The summed E-state index contributed by atoms with van der Waals surface area (Å²) in [5.41, 5.74) is 1.94. The Morgan fingerprint density at radius 2 is 1.32 bits per heavy atom. The number of aliphatic hydroxyl groups is 1. The van der Waals surface area contributed by atoms with Crippen LogP contribution in [0.4, 0.5) is 0 Å². The Morgan fingerprint density at radius 3 is 1.81 bits per heavy atom. The van der Waals surface area contributed by atoms with Gasteiger partial charge in [0.05, 0.1) is 27.5 Å². The van der Waals surface area contributed by atoms with E-state index >= 15 is 0 Å². The summed E-state index contributed by atoms with van der Waals surface area (Å²) in [5.74, 6) is 0.779. The van der Waals surface area contributed by atoms with Crippen LogP contribution < -0.4 is 19.6 Å². The number of hydrogen-bond acceptors (Lipinski definition) is 6. The van der Waals surface area contributed by atoms with Crippen LogP contribution in [0.3, 0.4) is 0 Å². The monoisotopic (exact) mass is 420 g/mol. The van der Waals surface area contributed by atoms with E-state index in [-0.39, 0.29) is 0 Å². The second-order valence-electron chi connectivity index (χ2n) is 6.59. The number of methoxy groups -OCH3 is 3. The van der Waals surface area contributed by atoms with Gasteiger partial charge in [0.25, 0.3) is 5.91 Å². The van der Waals surface area contributed by atoms with Crippen LogP contribution in [0.5, 0.6) is 17.2 Å². The average Bonchev–Trinajstić information content (AvgIpc) is 2.84. The minimum absolute atomic E-state index is 0.428. The molecule has 0 spiro atoms. The first-order valence-corrected chi connectivity index (χ1v) is 9.51. The van der Waals surface area contributed by atoms with E-state index in [0.717, 1.165) is 0 Å². The van der Waals surface area contributed by atoms with Gasteiger partial charge in [-0.1, -0.05) is 60.7 Å². The number of hydrogen-bond donors (Lipinski definition) is 2. The zero-order valence-corrected chi connectivity index (χ0v) is 17.5. The first-order chi connectivity index (χ1) is 15.0. The largest absolute Gasteiger partial charge is 0.496 e. The Morgan fingerprint density at radius 1 is 0.839 bits per heavy atom. The molecule has 3 rings (SSSR count). The maximum Gasteiger partial charge on any atom is 0.281 e. The van der Waals surface area contributed by atoms with Gasteiger partial charge in [-0.3, -0.25) is 4.79 Å². The van der Waals surface area contributed by atoms with Crippen molar-refractivity contribution < 1.29 is 24.1 Å². The normalized spacial score (nSPS) is 11.2. The van der Waals surface area contributed by atoms with Gasteiger partial charge in [0.2, 0.25) is 0 Å². The number of amides is 1. The molecule has 0 bridgehead atoms. The fraction of sp³-hybridized carbons (Fsp3) is 0.167. The fourth-order valence-electron chi connectivity index (χ4n) is 3.18. The molecule has 0 saturated carbocycles. The van der Waals surface area contributed by atoms with E-state index < -0.39 is 11.5 Å². The van der Waals surface area contributed by atoms with Crippen molar-refractivity contribution in [2.45, 2.75) is 5.60 Å². The molecule has 160 valence electrons. The Hall–Kier alpha value is -3.84. The van der Waals surface area contributed by atoms with Gasteiger partial charge in [0.15, 0.2) is 17.1 Å². The maximum atomic E-state index is 13.1. The summed E-state index contributed by atoms with van der Waals surface area (Å²) in [4.78, 5) is 13.1. The minimum Gasteiger partial charge on any atom is -0.496 e. The third-order valence-corrected chi connectivity index (χ3v) is 4.82. The third-order valence-electron chi connectivity index (χ3n) is 4.82. The predicted octanol–water partition coefficient (Wildman–Crippen LogP) is 3.10. The number of rotatable bonds is 8. The molecule has 0 unspecified atom stereocenters. The number of hydrazone groups is 1. The summed E-state index contributed by atoms with van der Waals surface area (Å²) >= 11 is 0. The molecular weight excluding hydrogens is 396 g/mol. The molecule has 7 nitrogen and oxygen atoms in total. The van der Waals surface area contributed by atoms with Gasteiger partial charge in [0, 0.05) is 11.6 Å². The average molecular weight is 420 g/mol. The molecule has 0 aromatic heterocycles. The molecule has 2 N–H and O–H groups in total. The van der Waals surface area contributed by atoms with Crippen molar-refractivity contribution in [2.24, 2.45) is 5.10 Å². The smallest absolute Gasteiger partial charge is 0.281 e. The molecule has 3 aromatic carbocycles. The summed E-state index contributed by atoms with van der Waals surface area (Å²) in [6.07, 6.45) is 1.41. The van der Waals surface area contributed by atoms with E-state index in [4.69, 9.17) is 14.2 Å². The van der Waals surface area contributed by atoms with E-state index in [1.54, 1.807) is 60.7 Å². The van der Waals surface area contributed by atoms with Crippen molar-refractivity contribution in [3.63, 3.8) is 0 Å². The SMILES string of the molecule is COc1cc(OC)c(OC)cc1/C=N\NC(=O)C(O)(c1ccccc1)c1ccccc1. The van der Waals surface area contributed by atoms with E-state index in [2.05, 4.69) is 10.5 Å². The van der Waals surface area contributed by atoms with Gasteiger partial charge in [-0.25, -0.2) is 5.43 Å². The molecule has 0 aliphatic rings. The number of carbonyl (C=O) groups is 1. The lowest BCUT2D eigenvalue weighted by molar-refractivity contribution is -0.136. The molecule has 7 heteroatoms. The quantitative estimate of drug-likeness (QED) is 0.432. The first kappa shape index (κ1) is 21.9. The highest BCUT2D eigenvalue weighted by Crippen LogP contribution is 2.34. The molecule has 0 radical (unpaired) electrons. The van der Waals surface area contributed by atoms with Crippen molar-refractivity contribution in [1.82, 2.24) is 5.43 Å². The molecule has 0 saturated heterocycles. The van der Waals surface area contributed by atoms with Crippen molar-refractivity contribution in [3.05, 3.63) is 89.5 Å². The first-order valence-electron chi connectivity index (χ1n) is 9.51. The van der Waals surface area contributed by atoms with Crippen LogP contribution in [0, 0.1) is 0 Å². The van der Waals surface area contributed by atoms with Gasteiger partial charge in [-0.2, -0.15) is 5.10 Å². The van der Waals surface area contributed by atoms with E-state index in [0.29, 0.717) is 33.9 Å². The van der Waals surface area contributed by atoms with Crippen LogP contribution in [0.2, 0.25) is 0 Å². The van der Waals surface area contributed by atoms with Crippen LogP contribution in [0.1, 0.15) is 16.7 Å². The number of ether oxygens (including phenoxy) is 3. The highest BCUT2D eigenvalue weighted by atomic mass is 16.5. The molecular formula is C24H24N2O5.